The summed E-state index contributed by atoms with van der Waals surface area (Å²) in [6, 6.07) is 10.4. The Morgan fingerprint density at radius 1 is 1.05 bits per heavy atom. The summed E-state index contributed by atoms with van der Waals surface area (Å²) in [6.07, 6.45) is 7.55. The van der Waals surface area contributed by atoms with Crippen LogP contribution >= 0.6 is 0 Å². The Morgan fingerprint density at radius 2 is 1.79 bits per heavy atom. The average molecular weight is 537 g/mol. The van der Waals surface area contributed by atoms with Crippen molar-refractivity contribution in [1.29, 1.82) is 0 Å². The van der Waals surface area contributed by atoms with Gasteiger partial charge in [-0.2, -0.15) is 9.97 Å². The van der Waals surface area contributed by atoms with Crippen LogP contribution in [0.5, 0.6) is 11.9 Å². The molecule has 4 unspecified atom stereocenters. The molecule has 208 valence electrons. The lowest BCUT2D eigenvalue weighted by molar-refractivity contribution is -0.144. The molecule has 4 atom stereocenters. The molecule has 2 heterocycles. The normalized spacial score (nSPS) is 24.7. The Balaban J connectivity index is 1.57. The van der Waals surface area contributed by atoms with Crippen molar-refractivity contribution >= 4 is 17.8 Å². The topological polar surface area (TPSA) is 131 Å². The molecule has 0 spiro atoms. The Morgan fingerprint density at radius 3 is 2.54 bits per heavy atom. The zero-order valence-electron chi connectivity index (χ0n) is 22.4. The maximum Gasteiger partial charge on any atom is 0.326 e. The molecule has 10 nitrogen and oxygen atoms in total. The van der Waals surface area contributed by atoms with Gasteiger partial charge in [0.2, 0.25) is 17.7 Å². The van der Waals surface area contributed by atoms with E-state index in [1.807, 2.05) is 42.5 Å². The minimum atomic E-state index is -1.09. The van der Waals surface area contributed by atoms with Crippen LogP contribution in [0.4, 0.5) is 0 Å². The largest absolute Gasteiger partial charge is 0.480 e. The average Bonchev–Trinajstić information content (AvgIpc) is 3.36. The van der Waals surface area contributed by atoms with Crippen molar-refractivity contribution in [1.82, 2.24) is 20.2 Å². The van der Waals surface area contributed by atoms with Gasteiger partial charge in [-0.1, -0.05) is 42.5 Å². The molecule has 2 aliphatic rings. The van der Waals surface area contributed by atoms with Gasteiger partial charge in [0, 0.05) is 25.2 Å². The summed E-state index contributed by atoms with van der Waals surface area (Å²) >= 11 is 0. The molecule has 4 rings (SSSR count). The third kappa shape index (κ3) is 7.34. The van der Waals surface area contributed by atoms with Gasteiger partial charge in [0.25, 0.3) is 0 Å². The fraction of sp³-hybridized carbons (Fsp3) is 0.483. The van der Waals surface area contributed by atoms with E-state index >= 15 is 0 Å². The molecule has 1 fully saturated rings. The van der Waals surface area contributed by atoms with Gasteiger partial charge in [-0.25, -0.2) is 4.79 Å². The zero-order chi connectivity index (χ0) is 27.8. The molecular formula is C29H36N4O6. The predicted octanol–water partition coefficient (Wildman–Crippen LogP) is 3.47. The predicted molar refractivity (Wildman–Crippen MR) is 144 cm³/mol. The molecule has 39 heavy (non-hydrogen) atoms. The first kappa shape index (κ1) is 28.1. The number of amides is 2. The molecule has 0 bridgehead atoms. The molecule has 0 radical (unpaired) electrons. The number of nitrogens with zero attached hydrogens (tertiary/aromatic N) is 3. The van der Waals surface area contributed by atoms with Gasteiger partial charge in [0.15, 0.2) is 0 Å². The van der Waals surface area contributed by atoms with E-state index < -0.39 is 35.9 Å². The van der Waals surface area contributed by atoms with Crippen molar-refractivity contribution in [2.45, 2.75) is 57.1 Å². The van der Waals surface area contributed by atoms with Crippen LogP contribution in [-0.2, 0) is 14.4 Å². The number of carbonyl (C=O) groups excluding carboxylic acids is 2. The monoisotopic (exact) mass is 536 g/mol. The van der Waals surface area contributed by atoms with E-state index in [9.17, 15) is 19.5 Å². The van der Waals surface area contributed by atoms with Gasteiger partial charge in [-0.3, -0.25) is 9.59 Å². The van der Waals surface area contributed by atoms with Crippen LogP contribution < -0.4 is 14.8 Å². The summed E-state index contributed by atoms with van der Waals surface area (Å²) in [5.74, 6) is -2.73. The lowest BCUT2D eigenvalue weighted by Gasteiger charge is -2.25. The number of carbonyl (C=O) groups is 3. The van der Waals surface area contributed by atoms with E-state index in [2.05, 4.69) is 15.3 Å². The lowest BCUT2D eigenvalue weighted by atomic mass is 9.93. The number of carboxylic acids is 1. The second-order valence-corrected chi connectivity index (χ2v) is 10.1. The number of methoxy groups -OCH3 is 1. The third-order valence-corrected chi connectivity index (χ3v) is 7.29. The second kappa shape index (κ2) is 13.2. The number of nitrogens with one attached hydrogen (secondary N) is 1. The molecular weight excluding hydrogens is 500 g/mol. The minimum absolute atomic E-state index is 0.135. The third-order valence-electron chi connectivity index (χ3n) is 7.29. The van der Waals surface area contributed by atoms with Crippen molar-refractivity contribution in [3.05, 3.63) is 48.6 Å². The fourth-order valence-corrected chi connectivity index (χ4v) is 5.17. The molecule has 1 saturated carbocycles. The van der Waals surface area contributed by atoms with Gasteiger partial charge < -0.3 is 24.8 Å². The molecule has 1 aromatic carbocycles. The number of ether oxygens (including phenoxy) is 2. The summed E-state index contributed by atoms with van der Waals surface area (Å²) in [7, 11) is 3.23. The number of benzene rings is 1. The molecule has 1 aromatic heterocycles. The van der Waals surface area contributed by atoms with Crippen molar-refractivity contribution < 1.29 is 29.0 Å². The van der Waals surface area contributed by atoms with Crippen molar-refractivity contribution in [2.24, 2.45) is 11.8 Å². The summed E-state index contributed by atoms with van der Waals surface area (Å²) in [4.78, 5) is 49.1. The number of hydrogen-bond acceptors (Lipinski definition) is 7. The number of rotatable bonds is 5. The summed E-state index contributed by atoms with van der Waals surface area (Å²) < 4.78 is 11.5. The number of carboxylic acid groups (broad SMARTS) is 1. The Labute approximate surface area is 228 Å². The first-order chi connectivity index (χ1) is 18.9. The zero-order valence-corrected chi connectivity index (χ0v) is 22.4. The highest BCUT2D eigenvalue weighted by Crippen LogP contribution is 2.37. The van der Waals surface area contributed by atoms with Crippen LogP contribution in [-0.4, -0.2) is 70.6 Å². The number of aromatic nitrogens is 2. The van der Waals surface area contributed by atoms with E-state index in [-0.39, 0.29) is 30.6 Å². The van der Waals surface area contributed by atoms with Gasteiger partial charge in [0.05, 0.1) is 24.6 Å². The van der Waals surface area contributed by atoms with E-state index in [4.69, 9.17) is 9.47 Å². The molecule has 10 heteroatoms. The SMILES string of the molecule is COc1nc(OC2CC3C(=O)NC(C(=O)O)CCC=CCCCCN(C)C(=O)C3C2)cc(-c2ccccc2)n1. The Kier molecular flexibility index (Phi) is 9.51. The van der Waals surface area contributed by atoms with Crippen molar-refractivity contribution in [3.8, 4) is 23.1 Å². The standard InChI is InChI=1S/C29H36N4O6/c1-33-15-11-6-4-3-5-10-14-23(28(36)37)30-26(34)21-16-20(17-22(21)27(33)35)39-25-18-24(31-29(32-25)38-2)19-12-8-7-9-13-19/h3,5,7-9,12-13,18,20-23H,4,6,10-11,14-17H2,1-2H3,(H,30,34)(H,36,37). The van der Waals surface area contributed by atoms with E-state index in [1.54, 1.807) is 18.0 Å². The van der Waals surface area contributed by atoms with Crippen LogP contribution in [0.2, 0.25) is 0 Å². The van der Waals surface area contributed by atoms with Crippen LogP contribution in [0, 0.1) is 11.8 Å². The fourth-order valence-electron chi connectivity index (χ4n) is 5.17. The van der Waals surface area contributed by atoms with Crippen molar-refractivity contribution in [3.63, 3.8) is 0 Å². The van der Waals surface area contributed by atoms with Gasteiger partial charge in [-0.05, 0) is 44.9 Å². The lowest BCUT2D eigenvalue weighted by Crippen LogP contribution is -2.46. The number of hydrogen-bond donors (Lipinski definition) is 2. The second-order valence-electron chi connectivity index (χ2n) is 10.1. The van der Waals surface area contributed by atoms with Crippen LogP contribution in [0.25, 0.3) is 11.3 Å². The van der Waals surface area contributed by atoms with Gasteiger partial charge in [-0.15, -0.1) is 0 Å². The van der Waals surface area contributed by atoms with E-state index in [1.165, 1.54) is 7.11 Å². The molecule has 1 aliphatic carbocycles. The maximum atomic E-state index is 13.5. The van der Waals surface area contributed by atoms with Gasteiger partial charge in [0.1, 0.15) is 12.1 Å². The van der Waals surface area contributed by atoms with Gasteiger partial charge >= 0.3 is 12.0 Å². The van der Waals surface area contributed by atoms with Crippen LogP contribution in [0.3, 0.4) is 0 Å². The summed E-state index contributed by atoms with van der Waals surface area (Å²) in [5.41, 5.74) is 1.49. The minimum Gasteiger partial charge on any atom is -0.480 e. The van der Waals surface area contributed by atoms with E-state index in [0.717, 1.165) is 24.8 Å². The first-order valence-corrected chi connectivity index (χ1v) is 13.4. The molecule has 1 aliphatic heterocycles. The maximum absolute atomic E-state index is 13.5. The summed E-state index contributed by atoms with van der Waals surface area (Å²) in [6.45, 7) is 0.588. The molecule has 2 N–H and O–H groups in total. The first-order valence-electron chi connectivity index (χ1n) is 13.4. The number of fused-ring (bicyclic) bond motifs is 1. The molecule has 2 amide bonds. The molecule has 2 aromatic rings. The highest BCUT2D eigenvalue weighted by molar-refractivity contribution is 5.90. The Bertz CT molecular complexity index is 1190. The van der Waals surface area contributed by atoms with Crippen molar-refractivity contribution in [2.75, 3.05) is 20.7 Å². The highest BCUT2D eigenvalue weighted by Gasteiger charge is 2.45. The number of allylic oxidation sites excluding steroid dienone is 2. The summed E-state index contributed by atoms with van der Waals surface area (Å²) in [5, 5.41) is 12.4. The Hall–Kier alpha value is -3.95. The van der Waals surface area contributed by atoms with Crippen LogP contribution in [0.1, 0.15) is 44.9 Å². The van der Waals surface area contributed by atoms with Crippen LogP contribution in [0.15, 0.2) is 48.6 Å². The number of aliphatic carboxylic acids is 1. The quantitative estimate of drug-likeness (QED) is 0.556. The highest BCUT2D eigenvalue weighted by atomic mass is 16.5. The smallest absolute Gasteiger partial charge is 0.326 e. The molecule has 0 saturated heterocycles. The van der Waals surface area contributed by atoms with E-state index in [0.29, 0.717) is 25.1 Å².